The Balaban J connectivity index is 1.83. The zero-order valence-corrected chi connectivity index (χ0v) is 17.2. The first kappa shape index (κ1) is 21.6. The molecule has 1 amide bonds. The highest BCUT2D eigenvalue weighted by Crippen LogP contribution is 2.16. The van der Waals surface area contributed by atoms with Crippen LogP contribution < -0.4 is 9.88 Å². The molecule has 0 unspecified atom stereocenters. The van der Waals surface area contributed by atoms with Gasteiger partial charge in [-0.25, -0.2) is 4.79 Å². The van der Waals surface area contributed by atoms with Crippen molar-refractivity contribution in [3.05, 3.63) is 66.0 Å². The van der Waals surface area contributed by atoms with E-state index in [2.05, 4.69) is 26.1 Å². The number of nitrogens with zero attached hydrogens (tertiary/aromatic N) is 1. The van der Waals surface area contributed by atoms with Gasteiger partial charge in [0, 0.05) is 18.5 Å². The predicted molar refractivity (Wildman–Crippen MR) is 109 cm³/mol. The van der Waals surface area contributed by atoms with Crippen LogP contribution in [-0.4, -0.2) is 17.9 Å². The summed E-state index contributed by atoms with van der Waals surface area (Å²) in [6.45, 7) is 8.33. The van der Waals surface area contributed by atoms with Gasteiger partial charge in [-0.05, 0) is 36.8 Å². The van der Waals surface area contributed by atoms with Gasteiger partial charge in [0.15, 0.2) is 18.2 Å². The fraction of sp³-hybridized carbons (Fsp3) is 0.435. The van der Waals surface area contributed by atoms with Crippen molar-refractivity contribution in [2.24, 2.45) is 11.8 Å². The van der Waals surface area contributed by atoms with E-state index < -0.39 is 6.09 Å². The van der Waals surface area contributed by atoms with Gasteiger partial charge in [-0.15, -0.1) is 0 Å². The summed E-state index contributed by atoms with van der Waals surface area (Å²) < 4.78 is 7.00. The van der Waals surface area contributed by atoms with Crippen molar-refractivity contribution < 1.29 is 18.9 Å². The molecule has 2 atom stereocenters. The minimum Gasteiger partial charge on any atom is -0.388 e. The Morgan fingerprint density at radius 2 is 1.75 bits per heavy atom. The molecule has 0 bridgehead atoms. The van der Waals surface area contributed by atoms with Crippen LogP contribution in [0.25, 0.3) is 0 Å². The normalized spacial score (nSPS) is 13.0. The van der Waals surface area contributed by atoms with Crippen LogP contribution in [0.5, 0.6) is 0 Å². The third-order valence-electron chi connectivity index (χ3n) is 4.92. The van der Waals surface area contributed by atoms with Gasteiger partial charge in [0.2, 0.25) is 0 Å². The summed E-state index contributed by atoms with van der Waals surface area (Å²) >= 11 is 0. The van der Waals surface area contributed by atoms with Gasteiger partial charge in [0.05, 0.1) is 5.56 Å². The number of alkyl carbamates (subject to hydrolysis) is 1. The number of rotatable bonds is 9. The summed E-state index contributed by atoms with van der Waals surface area (Å²) in [5.74, 6) is 0.899. The van der Waals surface area contributed by atoms with Crippen molar-refractivity contribution in [3.63, 3.8) is 0 Å². The molecule has 0 fully saturated rings. The third kappa shape index (κ3) is 7.14. The van der Waals surface area contributed by atoms with Crippen LogP contribution in [0.2, 0.25) is 0 Å². The molecule has 1 N–H and O–H groups in total. The second-order valence-corrected chi connectivity index (χ2v) is 7.75. The van der Waals surface area contributed by atoms with Crippen molar-refractivity contribution in [3.8, 4) is 0 Å². The first-order chi connectivity index (χ1) is 13.3. The Bertz CT molecular complexity index is 774. The van der Waals surface area contributed by atoms with E-state index in [0.717, 1.165) is 12.0 Å². The van der Waals surface area contributed by atoms with E-state index in [0.29, 0.717) is 23.8 Å². The highest BCUT2D eigenvalue weighted by Gasteiger charge is 2.17. The van der Waals surface area contributed by atoms with E-state index in [4.69, 9.17) is 4.74 Å². The molecule has 0 saturated carbocycles. The van der Waals surface area contributed by atoms with Gasteiger partial charge < -0.3 is 10.1 Å². The Morgan fingerprint density at radius 3 is 2.43 bits per heavy atom. The molecule has 5 nitrogen and oxygen atoms in total. The van der Waals surface area contributed by atoms with Crippen molar-refractivity contribution in [2.75, 3.05) is 0 Å². The van der Waals surface area contributed by atoms with E-state index in [1.165, 1.54) is 0 Å². The molecular formula is C23H31N2O3+. The lowest BCUT2D eigenvalue weighted by Gasteiger charge is -2.14. The molecule has 150 valence electrons. The Kier molecular flexibility index (Phi) is 8.18. The number of ketones is 1. The molecule has 28 heavy (non-hydrogen) atoms. The van der Waals surface area contributed by atoms with Crippen LogP contribution in [0.1, 0.15) is 50.0 Å². The fourth-order valence-electron chi connectivity index (χ4n) is 2.81. The molecule has 2 aromatic rings. The largest absolute Gasteiger partial charge is 0.412 e. The highest BCUT2D eigenvalue weighted by molar-refractivity contribution is 5.95. The predicted octanol–water partition coefficient (Wildman–Crippen LogP) is 4.15. The molecule has 0 aliphatic rings. The maximum Gasteiger partial charge on any atom is 0.412 e. The molecule has 0 spiro atoms. The average Bonchev–Trinajstić information content (AvgIpc) is 2.67. The summed E-state index contributed by atoms with van der Waals surface area (Å²) in [6.07, 6.45) is 4.29. The molecule has 0 saturated heterocycles. The van der Waals surface area contributed by atoms with Crippen LogP contribution in [0.3, 0.4) is 0 Å². The van der Waals surface area contributed by atoms with Crippen LogP contribution in [0.4, 0.5) is 4.79 Å². The first-order valence-electron chi connectivity index (χ1n) is 9.84. The van der Waals surface area contributed by atoms with Gasteiger partial charge in [-0.2, -0.15) is 4.57 Å². The number of Topliss-reactive ketones (excluding diaryl/α,β-unsaturated/α-hetero) is 1. The summed E-state index contributed by atoms with van der Waals surface area (Å²) in [6, 6.07) is 13.5. The number of ether oxygens (including phenoxy) is 1. The van der Waals surface area contributed by atoms with Crippen molar-refractivity contribution in [2.45, 2.75) is 53.3 Å². The lowest BCUT2D eigenvalue weighted by atomic mass is 9.91. The summed E-state index contributed by atoms with van der Waals surface area (Å²) in [5.41, 5.74) is 1.79. The number of aromatic nitrogens is 1. The maximum atomic E-state index is 12.4. The molecule has 1 aromatic heterocycles. The number of hydrogen-bond acceptors (Lipinski definition) is 3. The van der Waals surface area contributed by atoms with Gasteiger partial charge in [-0.1, -0.05) is 51.1 Å². The summed E-state index contributed by atoms with van der Waals surface area (Å²) in [5, 5.41) is 2.83. The van der Waals surface area contributed by atoms with Gasteiger partial charge in [0.25, 0.3) is 6.73 Å². The van der Waals surface area contributed by atoms with Crippen LogP contribution in [-0.2, 0) is 17.9 Å². The van der Waals surface area contributed by atoms with Crippen molar-refractivity contribution >= 4 is 11.9 Å². The summed E-state index contributed by atoms with van der Waals surface area (Å²) in [4.78, 5) is 24.5. The van der Waals surface area contributed by atoms with Crippen LogP contribution in [0.15, 0.2) is 54.9 Å². The van der Waals surface area contributed by atoms with Gasteiger partial charge in [0.1, 0.15) is 0 Å². The third-order valence-corrected chi connectivity index (χ3v) is 4.92. The molecule has 0 aliphatic carbocycles. The monoisotopic (exact) mass is 383 g/mol. The number of benzene rings is 1. The van der Waals surface area contributed by atoms with Crippen molar-refractivity contribution in [1.82, 2.24) is 5.32 Å². The number of hydrogen-bond donors (Lipinski definition) is 1. The Morgan fingerprint density at radius 1 is 1.04 bits per heavy atom. The molecule has 0 radical (unpaired) electrons. The number of amides is 1. The fourth-order valence-corrected chi connectivity index (χ4v) is 2.81. The molecule has 2 rings (SSSR count). The first-order valence-corrected chi connectivity index (χ1v) is 9.84. The van der Waals surface area contributed by atoms with Crippen molar-refractivity contribution in [1.29, 1.82) is 0 Å². The zero-order valence-electron chi connectivity index (χ0n) is 17.2. The molecule has 1 heterocycles. The number of carbonyl (C=O) groups is 2. The second-order valence-electron chi connectivity index (χ2n) is 7.75. The number of nitrogens with one attached hydrogen (secondary N) is 1. The average molecular weight is 384 g/mol. The minimum atomic E-state index is -0.471. The Labute approximate surface area is 167 Å². The molecule has 0 aliphatic heterocycles. The van der Waals surface area contributed by atoms with Gasteiger partial charge in [-0.3, -0.25) is 4.79 Å². The quantitative estimate of drug-likeness (QED) is 0.523. The number of pyridine rings is 1. The van der Waals surface area contributed by atoms with E-state index in [1.54, 1.807) is 29.1 Å². The zero-order chi connectivity index (χ0) is 20.5. The van der Waals surface area contributed by atoms with E-state index >= 15 is 0 Å². The van der Waals surface area contributed by atoms with Crippen LogP contribution >= 0.6 is 0 Å². The van der Waals surface area contributed by atoms with E-state index in [-0.39, 0.29) is 18.6 Å². The summed E-state index contributed by atoms with van der Waals surface area (Å²) in [7, 11) is 0. The van der Waals surface area contributed by atoms with Gasteiger partial charge >= 0.3 is 6.09 Å². The second kappa shape index (κ2) is 10.6. The highest BCUT2D eigenvalue weighted by atomic mass is 16.6. The lowest BCUT2D eigenvalue weighted by molar-refractivity contribution is -0.727. The molecule has 1 aromatic carbocycles. The SMILES string of the molecule is CC(C)[C@@H](C)CC(=O)c1ccc[n+](COC(=O)N[C@@H](C)Cc2ccccc2)c1. The minimum absolute atomic E-state index is 0.0367. The topological polar surface area (TPSA) is 59.3 Å². The molecular weight excluding hydrogens is 352 g/mol. The van der Waals surface area contributed by atoms with Crippen LogP contribution in [0, 0.1) is 11.8 Å². The maximum absolute atomic E-state index is 12.4. The lowest BCUT2D eigenvalue weighted by Crippen LogP contribution is -2.41. The van der Waals surface area contributed by atoms with E-state index in [1.807, 2.05) is 37.3 Å². The standard InChI is InChI=1S/C23H30N2O3/c1-17(2)18(3)13-22(26)21-11-8-12-25(15-21)16-28-23(27)24-19(4)14-20-9-6-5-7-10-20/h5-12,15,17-19H,13-14,16H2,1-4H3/p+1/t18-,19-/m0/s1. The molecule has 5 heteroatoms. The smallest absolute Gasteiger partial charge is 0.388 e. The van der Waals surface area contributed by atoms with E-state index in [9.17, 15) is 9.59 Å². The number of carbonyl (C=O) groups excluding carboxylic acids is 2. The Hall–Kier alpha value is -2.69.